The van der Waals surface area contributed by atoms with Crippen molar-refractivity contribution in [2.75, 3.05) is 6.61 Å². The summed E-state index contributed by atoms with van der Waals surface area (Å²) in [6.45, 7) is 4.08. The second-order valence-corrected chi connectivity index (χ2v) is 7.39. The van der Waals surface area contributed by atoms with E-state index in [-0.39, 0.29) is 18.7 Å². The average molecular weight is 381 g/mol. The van der Waals surface area contributed by atoms with E-state index in [4.69, 9.17) is 9.84 Å². The fourth-order valence-electron chi connectivity index (χ4n) is 2.93. The maximum absolute atomic E-state index is 11.6. The molecule has 3 heteroatoms. The van der Waals surface area contributed by atoms with Gasteiger partial charge in [0.05, 0.1) is 6.61 Å². The summed E-state index contributed by atoms with van der Waals surface area (Å²) in [6.07, 6.45) is 25.8. The Morgan fingerprint density at radius 2 is 1.37 bits per heavy atom. The third-order valence-electron chi connectivity index (χ3n) is 4.79. The summed E-state index contributed by atoms with van der Waals surface area (Å²) >= 11 is 0. The van der Waals surface area contributed by atoms with Gasteiger partial charge in [-0.1, -0.05) is 83.1 Å². The Labute approximate surface area is 168 Å². The molecular formula is C24H44O3. The second kappa shape index (κ2) is 21.2. The molecule has 0 amide bonds. The van der Waals surface area contributed by atoms with Gasteiger partial charge in [0.15, 0.2) is 0 Å². The van der Waals surface area contributed by atoms with E-state index in [0.29, 0.717) is 12.8 Å². The van der Waals surface area contributed by atoms with Gasteiger partial charge in [-0.2, -0.15) is 0 Å². The molecule has 0 saturated carbocycles. The smallest absolute Gasteiger partial charge is 0.306 e. The number of carbonyl (C=O) groups excluding carboxylic acids is 1. The molecular weight excluding hydrogens is 336 g/mol. The van der Waals surface area contributed by atoms with E-state index in [9.17, 15) is 4.79 Å². The zero-order valence-electron chi connectivity index (χ0n) is 18.0. The van der Waals surface area contributed by atoms with E-state index < -0.39 is 0 Å². The summed E-state index contributed by atoms with van der Waals surface area (Å²) in [7, 11) is 0. The van der Waals surface area contributed by atoms with Gasteiger partial charge in [0.2, 0.25) is 0 Å². The van der Waals surface area contributed by atoms with Gasteiger partial charge in [0.25, 0.3) is 0 Å². The van der Waals surface area contributed by atoms with Crippen LogP contribution in [0.3, 0.4) is 0 Å². The van der Waals surface area contributed by atoms with Gasteiger partial charge in [0.1, 0.15) is 6.10 Å². The molecule has 0 fully saturated rings. The van der Waals surface area contributed by atoms with Crippen molar-refractivity contribution in [2.45, 2.75) is 116 Å². The average Bonchev–Trinajstić information content (AvgIpc) is 2.68. The summed E-state index contributed by atoms with van der Waals surface area (Å²) in [4.78, 5) is 11.6. The summed E-state index contributed by atoms with van der Waals surface area (Å²) in [5, 5.41) is 9.01. The highest BCUT2D eigenvalue weighted by Crippen LogP contribution is 2.11. The van der Waals surface area contributed by atoms with Crippen LogP contribution < -0.4 is 0 Å². The molecule has 0 heterocycles. The lowest BCUT2D eigenvalue weighted by atomic mass is 10.1. The minimum atomic E-state index is -0.326. The molecule has 0 aliphatic heterocycles. The Balaban J connectivity index is 3.31. The van der Waals surface area contributed by atoms with Crippen molar-refractivity contribution in [3.63, 3.8) is 0 Å². The second-order valence-electron chi connectivity index (χ2n) is 7.39. The van der Waals surface area contributed by atoms with E-state index >= 15 is 0 Å². The van der Waals surface area contributed by atoms with Crippen LogP contribution in [-0.4, -0.2) is 23.8 Å². The number of rotatable bonds is 19. The number of aliphatic hydroxyl groups excluding tert-OH is 1. The summed E-state index contributed by atoms with van der Waals surface area (Å²) in [6, 6.07) is 0. The first-order valence-corrected chi connectivity index (χ1v) is 11.3. The molecule has 1 N–H and O–H groups in total. The van der Waals surface area contributed by atoms with Crippen molar-refractivity contribution < 1.29 is 14.6 Å². The van der Waals surface area contributed by atoms with E-state index in [1.54, 1.807) is 0 Å². The van der Waals surface area contributed by atoms with Crippen LogP contribution in [0.5, 0.6) is 0 Å². The van der Waals surface area contributed by atoms with Gasteiger partial charge in [-0.15, -0.1) is 0 Å². The number of aliphatic hydroxyl groups is 1. The number of hydrogen-bond donors (Lipinski definition) is 1. The monoisotopic (exact) mass is 380 g/mol. The molecule has 0 radical (unpaired) electrons. The van der Waals surface area contributed by atoms with Crippen LogP contribution in [0.4, 0.5) is 0 Å². The van der Waals surface area contributed by atoms with Crippen molar-refractivity contribution in [3.8, 4) is 0 Å². The van der Waals surface area contributed by atoms with Crippen molar-refractivity contribution in [1.29, 1.82) is 0 Å². The standard InChI is InChI=1S/C24H44O3/c1-3-5-6-7-8-9-10-11-12-13-14-15-16-17-18-19-20-21-24(26)27-23(4-2)22-25/h8-9,11-12,23,25H,3-7,10,13-22H2,1-2H3/b9-8-,12-11-. The van der Waals surface area contributed by atoms with E-state index in [1.165, 1.54) is 64.2 Å². The molecule has 0 aliphatic rings. The Hall–Kier alpha value is -1.09. The highest BCUT2D eigenvalue weighted by Gasteiger charge is 2.10. The molecule has 0 bridgehead atoms. The number of allylic oxidation sites excluding steroid dienone is 4. The van der Waals surface area contributed by atoms with E-state index in [2.05, 4.69) is 31.2 Å². The number of esters is 1. The van der Waals surface area contributed by atoms with Gasteiger partial charge in [-0.05, 0) is 44.9 Å². The van der Waals surface area contributed by atoms with Crippen molar-refractivity contribution in [2.24, 2.45) is 0 Å². The molecule has 0 saturated heterocycles. The zero-order chi connectivity index (χ0) is 20.0. The first-order chi connectivity index (χ1) is 13.2. The van der Waals surface area contributed by atoms with E-state index in [0.717, 1.165) is 19.3 Å². The molecule has 0 rings (SSSR count). The molecule has 1 unspecified atom stereocenters. The SMILES string of the molecule is CCCCC/C=C\C/C=C\CCCCCCCCCC(=O)OC(CC)CO. The van der Waals surface area contributed by atoms with Crippen LogP contribution >= 0.6 is 0 Å². The van der Waals surface area contributed by atoms with Crippen LogP contribution in [0.1, 0.15) is 110 Å². The largest absolute Gasteiger partial charge is 0.460 e. The lowest BCUT2D eigenvalue weighted by molar-refractivity contribution is -0.151. The quantitative estimate of drug-likeness (QED) is 0.151. The minimum Gasteiger partial charge on any atom is -0.460 e. The van der Waals surface area contributed by atoms with Crippen LogP contribution in [0.15, 0.2) is 24.3 Å². The van der Waals surface area contributed by atoms with E-state index in [1.807, 2.05) is 6.92 Å². The number of unbranched alkanes of at least 4 members (excludes halogenated alkanes) is 10. The Bertz CT molecular complexity index is 370. The minimum absolute atomic E-state index is 0.0762. The fraction of sp³-hybridized carbons (Fsp3) is 0.792. The summed E-state index contributed by atoms with van der Waals surface area (Å²) in [5.74, 6) is -0.168. The maximum atomic E-state index is 11.6. The number of carbonyl (C=O) groups is 1. The van der Waals surface area contributed by atoms with Crippen molar-refractivity contribution in [1.82, 2.24) is 0 Å². The lowest BCUT2D eigenvalue weighted by Gasteiger charge is -2.12. The highest BCUT2D eigenvalue weighted by atomic mass is 16.5. The predicted molar refractivity (Wildman–Crippen MR) is 116 cm³/mol. The topological polar surface area (TPSA) is 46.5 Å². The Morgan fingerprint density at radius 1 is 0.815 bits per heavy atom. The molecule has 0 spiro atoms. The molecule has 0 aromatic carbocycles. The van der Waals surface area contributed by atoms with Gasteiger partial charge >= 0.3 is 5.97 Å². The normalized spacial score (nSPS) is 12.9. The molecule has 0 aliphatic carbocycles. The highest BCUT2D eigenvalue weighted by molar-refractivity contribution is 5.69. The Kier molecular flexibility index (Phi) is 20.4. The fourth-order valence-corrected chi connectivity index (χ4v) is 2.93. The predicted octanol–water partition coefficient (Wildman–Crippen LogP) is 6.89. The third-order valence-corrected chi connectivity index (χ3v) is 4.79. The van der Waals surface area contributed by atoms with Crippen LogP contribution in [0.2, 0.25) is 0 Å². The van der Waals surface area contributed by atoms with Crippen molar-refractivity contribution in [3.05, 3.63) is 24.3 Å². The Morgan fingerprint density at radius 3 is 1.93 bits per heavy atom. The van der Waals surface area contributed by atoms with Crippen LogP contribution in [0, 0.1) is 0 Å². The first-order valence-electron chi connectivity index (χ1n) is 11.3. The molecule has 158 valence electrons. The molecule has 3 nitrogen and oxygen atoms in total. The molecule has 0 aromatic heterocycles. The van der Waals surface area contributed by atoms with Crippen LogP contribution in [0.25, 0.3) is 0 Å². The summed E-state index contributed by atoms with van der Waals surface area (Å²) < 4.78 is 5.18. The molecule has 27 heavy (non-hydrogen) atoms. The third kappa shape index (κ3) is 19.5. The maximum Gasteiger partial charge on any atom is 0.306 e. The summed E-state index contributed by atoms with van der Waals surface area (Å²) in [5.41, 5.74) is 0. The number of hydrogen-bond acceptors (Lipinski definition) is 3. The van der Waals surface area contributed by atoms with Crippen LogP contribution in [-0.2, 0) is 9.53 Å². The zero-order valence-corrected chi connectivity index (χ0v) is 18.0. The van der Waals surface area contributed by atoms with Gasteiger partial charge in [-0.25, -0.2) is 0 Å². The number of ether oxygens (including phenoxy) is 1. The van der Waals surface area contributed by atoms with Gasteiger partial charge in [0, 0.05) is 6.42 Å². The van der Waals surface area contributed by atoms with Gasteiger partial charge in [-0.3, -0.25) is 4.79 Å². The van der Waals surface area contributed by atoms with Crippen molar-refractivity contribution >= 4 is 5.97 Å². The molecule has 0 aromatic rings. The van der Waals surface area contributed by atoms with Gasteiger partial charge < -0.3 is 9.84 Å². The first kappa shape index (κ1) is 25.9. The lowest BCUT2D eigenvalue weighted by Crippen LogP contribution is -2.20. The molecule has 1 atom stereocenters.